The van der Waals surface area contributed by atoms with Gasteiger partial charge in [0.25, 0.3) is 0 Å². The first-order chi connectivity index (χ1) is 9.53. The third kappa shape index (κ3) is 4.41. The van der Waals surface area contributed by atoms with Crippen molar-refractivity contribution in [1.29, 1.82) is 0 Å². The zero-order chi connectivity index (χ0) is 14.6. The van der Waals surface area contributed by atoms with Gasteiger partial charge in [-0.2, -0.15) is 4.98 Å². The molecule has 5 nitrogen and oxygen atoms in total. The quantitative estimate of drug-likeness (QED) is 0.886. The van der Waals surface area contributed by atoms with Crippen molar-refractivity contribution in [3.05, 3.63) is 41.8 Å². The lowest BCUT2D eigenvalue weighted by Gasteiger charge is -2.18. The number of aromatic nitrogens is 2. The Bertz CT molecular complexity index is 575. The summed E-state index contributed by atoms with van der Waals surface area (Å²) in [6.07, 6.45) is 1.65. The molecule has 2 rings (SSSR count). The Labute approximate surface area is 129 Å². The van der Waals surface area contributed by atoms with E-state index in [0.29, 0.717) is 11.7 Å². The Morgan fingerprint density at radius 2 is 2.10 bits per heavy atom. The molecular formula is C14H19ClFN3O2. The number of para-hydroxylation sites is 1. The van der Waals surface area contributed by atoms with Gasteiger partial charge in [-0.25, -0.2) is 4.39 Å². The van der Waals surface area contributed by atoms with Crippen LogP contribution in [0.1, 0.15) is 38.4 Å². The first-order valence-corrected chi connectivity index (χ1v) is 6.52. The van der Waals surface area contributed by atoms with Gasteiger partial charge in [-0.3, -0.25) is 0 Å². The molecule has 1 aromatic heterocycles. The van der Waals surface area contributed by atoms with Crippen molar-refractivity contribution in [2.24, 2.45) is 5.73 Å². The molecule has 0 saturated heterocycles. The second kappa shape index (κ2) is 7.38. The molecule has 0 spiro atoms. The molecular weight excluding hydrogens is 297 g/mol. The fraction of sp³-hybridized carbons (Fsp3) is 0.429. The van der Waals surface area contributed by atoms with Crippen LogP contribution in [0.2, 0.25) is 0 Å². The summed E-state index contributed by atoms with van der Waals surface area (Å²) in [7, 11) is 0. The highest BCUT2D eigenvalue weighted by atomic mass is 35.5. The molecule has 1 unspecified atom stereocenters. The van der Waals surface area contributed by atoms with E-state index in [9.17, 15) is 4.39 Å². The SMILES string of the molecule is CCCC(C)(N)c1nc(COc2ccccc2F)no1.Cl. The Hall–Kier alpha value is -1.66. The Kier molecular flexibility index (Phi) is 6.11. The van der Waals surface area contributed by atoms with Crippen molar-refractivity contribution in [1.82, 2.24) is 10.1 Å². The van der Waals surface area contributed by atoms with Crippen molar-refractivity contribution < 1.29 is 13.7 Å². The monoisotopic (exact) mass is 315 g/mol. The lowest BCUT2D eigenvalue weighted by molar-refractivity contribution is 0.263. The lowest BCUT2D eigenvalue weighted by atomic mass is 9.98. The molecule has 7 heteroatoms. The first kappa shape index (κ1) is 17.4. The second-order valence-corrected chi connectivity index (χ2v) is 4.90. The van der Waals surface area contributed by atoms with E-state index in [0.717, 1.165) is 12.8 Å². The van der Waals surface area contributed by atoms with Crippen molar-refractivity contribution in [3.63, 3.8) is 0 Å². The standard InChI is InChI=1S/C14H18FN3O2.ClH/c1-3-8-14(2,16)13-17-12(18-20-13)9-19-11-7-5-4-6-10(11)15;/h4-7H,3,8-9,16H2,1-2H3;1H. The summed E-state index contributed by atoms with van der Waals surface area (Å²) in [6.45, 7) is 3.90. The van der Waals surface area contributed by atoms with Crippen LogP contribution in [0.4, 0.5) is 4.39 Å². The van der Waals surface area contributed by atoms with Crippen molar-refractivity contribution in [3.8, 4) is 5.75 Å². The van der Waals surface area contributed by atoms with Crippen LogP contribution in [-0.4, -0.2) is 10.1 Å². The van der Waals surface area contributed by atoms with Crippen LogP contribution >= 0.6 is 12.4 Å². The lowest BCUT2D eigenvalue weighted by Crippen LogP contribution is -2.33. The molecule has 21 heavy (non-hydrogen) atoms. The molecule has 1 atom stereocenters. The number of hydrogen-bond acceptors (Lipinski definition) is 5. The fourth-order valence-corrected chi connectivity index (χ4v) is 1.87. The van der Waals surface area contributed by atoms with Crippen molar-refractivity contribution in [2.75, 3.05) is 0 Å². The summed E-state index contributed by atoms with van der Waals surface area (Å²) in [5.41, 5.74) is 5.44. The van der Waals surface area contributed by atoms with E-state index in [1.807, 2.05) is 13.8 Å². The number of benzene rings is 1. The Morgan fingerprint density at radius 1 is 1.38 bits per heavy atom. The van der Waals surface area contributed by atoms with Gasteiger partial charge in [-0.15, -0.1) is 12.4 Å². The zero-order valence-corrected chi connectivity index (χ0v) is 12.8. The van der Waals surface area contributed by atoms with Gasteiger partial charge in [-0.05, 0) is 25.5 Å². The molecule has 0 saturated carbocycles. The summed E-state index contributed by atoms with van der Waals surface area (Å²) in [4.78, 5) is 4.20. The smallest absolute Gasteiger partial charge is 0.246 e. The van der Waals surface area contributed by atoms with Crippen LogP contribution in [-0.2, 0) is 12.1 Å². The van der Waals surface area contributed by atoms with Crippen LogP contribution in [0.5, 0.6) is 5.75 Å². The minimum Gasteiger partial charge on any atom is -0.482 e. The third-order valence-electron chi connectivity index (χ3n) is 2.92. The molecule has 0 fully saturated rings. The van der Waals surface area contributed by atoms with Gasteiger partial charge in [0, 0.05) is 0 Å². The number of rotatable bonds is 6. The highest BCUT2D eigenvalue weighted by Gasteiger charge is 2.27. The maximum atomic E-state index is 13.4. The van der Waals surface area contributed by atoms with E-state index in [-0.39, 0.29) is 24.8 Å². The zero-order valence-electron chi connectivity index (χ0n) is 12.0. The molecule has 0 bridgehead atoms. The normalized spacial score (nSPS) is 13.3. The van der Waals surface area contributed by atoms with Gasteiger partial charge in [0.1, 0.15) is 0 Å². The van der Waals surface area contributed by atoms with Crippen molar-refractivity contribution >= 4 is 12.4 Å². The van der Waals surface area contributed by atoms with Gasteiger partial charge in [-0.1, -0.05) is 30.6 Å². The molecule has 2 N–H and O–H groups in total. The molecule has 0 aliphatic rings. The van der Waals surface area contributed by atoms with Crippen LogP contribution in [0.15, 0.2) is 28.8 Å². The summed E-state index contributed by atoms with van der Waals surface area (Å²) in [5, 5.41) is 3.80. The number of nitrogens with two attached hydrogens (primary N) is 1. The molecule has 1 aromatic carbocycles. The van der Waals surface area contributed by atoms with Gasteiger partial charge in [0.05, 0.1) is 5.54 Å². The minimum absolute atomic E-state index is 0. The summed E-state index contributed by atoms with van der Waals surface area (Å²) < 4.78 is 23.8. The topological polar surface area (TPSA) is 74.2 Å². The molecule has 116 valence electrons. The van der Waals surface area contributed by atoms with Crippen LogP contribution in [0.25, 0.3) is 0 Å². The highest BCUT2D eigenvalue weighted by molar-refractivity contribution is 5.85. The predicted molar refractivity (Wildman–Crippen MR) is 78.7 cm³/mol. The molecule has 0 aliphatic carbocycles. The first-order valence-electron chi connectivity index (χ1n) is 6.52. The maximum Gasteiger partial charge on any atom is 0.246 e. The molecule has 1 heterocycles. The van der Waals surface area contributed by atoms with E-state index < -0.39 is 11.4 Å². The average Bonchev–Trinajstić information content (AvgIpc) is 2.87. The highest BCUT2D eigenvalue weighted by Crippen LogP contribution is 2.22. The molecule has 2 aromatic rings. The Morgan fingerprint density at radius 3 is 2.76 bits per heavy atom. The largest absolute Gasteiger partial charge is 0.482 e. The average molecular weight is 316 g/mol. The third-order valence-corrected chi connectivity index (χ3v) is 2.92. The van der Waals surface area contributed by atoms with Crippen LogP contribution in [0.3, 0.4) is 0 Å². The number of halogens is 2. The summed E-state index contributed by atoms with van der Waals surface area (Å²) >= 11 is 0. The van der Waals surface area contributed by atoms with Crippen LogP contribution < -0.4 is 10.5 Å². The van der Waals surface area contributed by atoms with Gasteiger partial charge < -0.3 is 15.0 Å². The van der Waals surface area contributed by atoms with Crippen LogP contribution in [0, 0.1) is 5.82 Å². The van der Waals surface area contributed by atoms with Crippen molar-refractivity contribution in [2.45, 2.75) is 38.8 Å². The van der Waals surface area contributed by atoms with E-state index >= 15 is 0 Å². The molecule has 0 aliphatic heterocycles. The summed E-state index contributed by atoms with van der Waals surface area (Å²) in [5.74, 6) is 0.441. The number of ether oxygens (including phenoxy) is 1. The van der Waals surface area contributed by atoms with E-state index in [1.165, 1.54) is 6.07 Å². The Balaban J connectivity index is 0.00000220. The predicted octanol–water partition coefficient (Wildman–Crippen LogP) is 3.18. The van der Waals surface area contributed by atoms with E-state index in [2.05, 4.69) is 10.1 Å². The van der Waals surface area contributed by atoms with Gasteiger partial charge >= 0.3 is 0 Å². The van der Waals surface area contributed by atoms with Gasteiger partial charge in [0.2, 0.25) is 11.7 Å². The minimum atomic E-state index is -0.655. The molecule has 0 amide bonds. The maximum absolute atomic E-state index is 13.4. The van der Waals surface area contributed by atoms with Gasteiger partial charge in [0.15, 0.2) is 18.2 Å². The molecule has 0 radical (unpaired) electrons. The second-order valence-electron chi connectivity index (χ2n) is 4.90. The number of nitrogens with zero attached hydrogens (tertiary/aromatic N) is 2. The van der Waals surface area contributed by atoms with E-state index in [4.69, 9.17) is 15.0 Å². The fourth-order valence-electron chi connectivity index (χ4n) is 1.87. The van der Waals surface area contributed by atoms with E-state index in [1.54, 1.807) is 18.2 Å². The number of hydrogen-bond donors (Lipinski definition) is 1. The summed E-state index contributed by atoms with van der Waals surface area (Å²) in [6, 6.07) is 6.16.